The lowest BCUT2D eigenvalue weighted by atomic mass is 10.1. The number of H-pyrrole nitrogens is 6. The second kappa shape index (κ2) is 29.2. The number of aryl methyl sites for hydroxylation is 2. The maximum atomic E-state index is 14.1. The van der Waals surface area contributed by atoms with Crippen molar-refractivity contribution >= 4 is 147 Å². The molecule has 14 N–H and O–H groups in total. The van der Waals surface area contributed by atoms with Crippen LogP contribution < -0.4 is 27.3 Å². The van der Waals surface area contributed by atoms with Crippen LogP contribution in [0.15, 0.2) is 93.2 Å². The molecule has 12 aromatic rings. The Hall–Kier alpha value is -10.8. The lowest BCUT2D eigenvalue weighted by Gasteiger charge is -2.15. The highest BCUT2D eigenvalue weighted by atomic mass is 35.5. The summed E-state index contributed by atoms with van der Waals surface area (Å²) >= 11 is 21.6. The van der Waals surface area contributed by atoms with Gasteiger partial charge < -0.3 is 62.1 Å². The van der Waals surface area contributed by atoms with E-state index >= 15 is 0 Å². The van der Waals surface area contributed by atoms with Gasteiger partial charge in [0, 0.05) is 85.3 Å². The fourth-order valence-corrected chi connectivity index (χ4v) is 10.4. The van der Waals surface area contributed by atoms with E-state index in [1.165, 1.54) is 12.7 Å². The molecule has 0 amide bonds. The summed E-state index contributed by atoms with van der Waals surface area (Å²) in [5.41, 5.74) is 25.1. The number of halogens is 3. The average molecular weight is 1360 g/mol. The average Bonchev–Trinajstić information content (AvgIpc) is 1.66. The molecule has 12 aromatic heterocycles. The largest absolute Gasteiger partial charge is 0.427 e. The number of aliphatic hydroxyl groups excluding tert-OH is 2. The van der Waals surface area contributed by atoms with Gasteiger partial charge in [0.05, 0.1) is 54.3 Å². The van der Waals surface area contributed by atoms with E-state index in [2.05, 4.69) is 120 Å². The Balaban J connectivity index is 0.000000121. The summed E-state index contributed by atoms with van der Waals surface area (Å²) in [7, 11) is 0. The summed E-state index contributed by atoms with van der Waals surface area (Å²) in [4.78, 5) is 91.6. The SMILES string of the molecule is C.CC[C@@H]1O[C@H]([n+]2c(F)nc(N)c3c2N=CC3)[C@H](O)[C@H]1O.Cc1cc(C)n(-c2nc(Cl)nc3nc[nH]c23)n1.Clc1nc(-n2cccn2)c2[nH]cnc2n1.Nc1nc(=S)c2c([nH]1)N=CC2.Nc1ncnc2c1CC=N2.O=c1[nH]cnc2[nH]ccc12.S=c1nc[nH]c2c1CC=N2. The van der Waals surface area contributed by atoms with Gasteiger partial charge in [-0.3, -0.25) is 4.79 Å². The predicted octanol–water partition coefficient (Wildman–Crippen LogP) is 5.96. The van der Waals surface area contributed by atoms with Crippen molar-refractivity contribution < 1.29 is 23.9 Å². The van der Waals surface area contributed by atoms with Crippen molar-refractivity contribution in [2.75, 3.05) is 17.2 Å². The first-order valence-corrected chi connectivity index (χ1v) is 29.3. The quantitative estimate of drug-likeness (QED) is 0.0550. The number of aromatic nitrogens is 23. The molecule has 17 rings (SSSR count). The maximum Gasteiger partial charge on any atom is 0.427 e. The number of fused-ring (bicyclic) bond motifs is 7. The van der Waals surface area contributed by atoms with Crippen molar-refractivity contribution in [2.45, 2.75) is 84.8 Å². The molecule has 0 spiro atoms. The van der Waals surface area contributed by atoms with Gasteiger partial charge in [-0.05, 0) is 61.7 Å². The van der Waals surface area contributed by atoms with Gasteiger partial charge in [0.15, 0.2) is 34.7 Å². The first kappa shape index (κ1) is 66.1. The van der Waals surface area contributed by atoms with Gasteiger partial charge in [0.1, 0.15) is 62.0 Å². The summed E-state index contributed by atoms with van der Waals surface area (Å²) in [5.74, 6) is 4.76. The molecule has 482 valence electrons. The van der Waals surface area contributed by atoms with Crippen molar-refractivity contribution in [3.63, 3.8) is 0 Å². The molecule has 5 aliphatic heterocycles. The molecule has 0 bridgehead atoms. The number of ether oxygens (including phenoxy) is 1. The zero-order chi connectivity index (χ0) is 65.4. The first-order valence-electron chi connectivity index (χ1n) is 27.8. The van der Waals surface area contributed by atoms with Crippen molar-refractivity contribution in [2.24, 2.45) is 20.0 Å². The van der Waals surface area contributed by atoms with E-state index in [1.807, 2.05) is 33.1 Å². The van der Waals surface area contributed by atoms with Crippen LogP contribution in [0.4, 0.5) is 45.2 Å². The van der Waals surface area contributed by atoms with Crippen LogP contribution in [0.5, 0.6) is 0 Å². The zero-order valence-electron chi connectivity index (χ0n) is 48.8. The van der Waals surface area contributed by atoms with Gasteiger partial charge in [-0.15, -0.1) is 9.38 Å². The van der Waals surface area contributed by atoms with Crippen LogP contribution in [0.3, 0.4) is 0 Å². The highest BCUT2D eigenvalue weighted by Crippen LogP contribution is 2.33. The Morgan fingerprint density at radius 3 is 2.03 bits per heavy atom. The summed E-state index contributed by atoms with van der Waals surface area (Å²) in [6.07, 6.45) is 18.1. The van der Waals surface area contributed by atoms with E-state index in [-0.39, 0.29) is 35.2 Å². The van der Waals surface area contributed by atoms with Gasteiger partial charge in [-0.25, -0.2) is 59.2 Å². The minimum Gasteiger partial charge on any atom is -0.387 e. The summed E-state index contributed by atoms with van der Waals surface area (Å²) < 4.78 is 25.2. The molecule has 94 heavy (non-hydrogen) atoms. The molecule has 39 heteroatoms. The Morgan fingerprint density at radius 2 is 1.37 bits per heavy atom. The number of nitrogen functional groups attached to an aromatic ring is 3. The monoisotopic (exact) mass is 1350 g/mol. The molecule has 0 radical (unpaired) electrons. The van der Waals surface area contributed by atoms with Crippen LogP contribution >= 0.6 is 47.6 Å². The summed E-state index contributed by atoms with van der Waals surface area (Å²) in [6, 6.07) is 5.47. The van der Waals surface area contributed by atoms with Crippen molar-refractivity contribution in [1.29, 1.82) is 0 Å². The minimum absolute atomic E-state index is 0. The van der Waals surface area contributed by atoms with E-state index in [1.54, 1.807) is 77.7 Å². The molecular formula is C55H56Cl2FN30O4S2+. The predicted molar refractivity (Wildman–Crippen MR) is 353 cm³/mol. The van der Waals surface area contributed by atoms with Crippen LogP contribution in [0.1, 0.15) is 60.6 Å². The van der Waals surface area contributed by atoms with E-state index in [4.69, 9.17) is 69.6 Å². The molecule has 0 aliphatic carbocycles. The standard InChI is InChI=1S/C12H15FN4O3.C10H9ClN6.C8H5ClN6.C6H6N4S.C6H6N4.C6H5N3O.C6H5N3S.CH4/c1-2-6-7(18)8(19)11(20-6)17-10-5(3-4-15-10)9(14)16-12(17)13;1-5-3-6(2)17(16-5)9-7-8(13-4-12-7)14-10(11)15-9;9-8-13-6-5(10-4-11-6)7(14-8)15-3-1-2-12-15;7-6-9-4-3(1-2-8-4)5(11)10-6;7-5-4-1-2-8-6(4)10-3-9-5;2*10-6-4-1-2-7-5(4)8-3-9-6;/h4,6-8,11,14,18-19H,2-3H2,1H3;3-4H,1-2H3,(H,12,13,14,15);1-4H,(H,10,11,13,14);2H,1H2,(H3,7,9,10,11);2-3H,1H2,(H2,7,9,10);1-3H,(H2,7,8,9,10);2-3H,1H2,(H,8,9,10);1H4/p+1/t6-,7-,8+,11-;;;;;;;/m0......./s1. The van der Waals surface area contributed by atoms with E-state index in [0.717, 1.165) is 69.1 Å². The molecule has 1 saturated heterocycles. The maximum absolute atomic E-state index is 14.1. The third kappa shape index (κ3) is 14.4. The van der Waals surface area contributed by atoms with Crippen molar-refractivity contribution in [3.8, 4) is 11.6 Å². The lowest BCUT2D eigenvalue weighted by molar-refractivity contribution is -0.780. The topological polar surface area (TPSA) is 483 Å². The fraction of sp³-hybridized carbons (Fsp3) is 0.236. The van der Waals surface area contributed by atoms with Crippen LogP contribution in [0.25, 0.3) is 45.0 Å². The number of rotatable bonds is 4. The molecule has 34 nitrogen and oxygen atoms in total. The molecule has 4 atom stereocenters. The van der Waals surface area contributed by atoms with Gasteiger partial charge in [-0.1, -0.05) is 43.8 Å². The van der Waals surface area contributed by atoms with Gasteiger partial charge >= 0.3 is 6.08 Å². The number of anilines is 3. The summed E-state index contributed by atoms with van der Waals surface area (Å²) in [5, 5.41) is 29.3. The molecule has 0 aromatic carbocycles. The third-order valence-corrected chi connectivity index (χ3v) is 15.0. The van der Waals surface area contributed by atoms with Gasteiger partial charge in [0.2, 0.25) is 22.6 Å². The highest BCUT2D eigenvalue weighted by molar-refractivity contribution is 7.71. The minimum atomic E-state index is -1.25. The molecule has 5 aliphatic rings. The highest BCUT2D eigenvalue weighted by Gasteiger charge is 2.48. The van der Waals surface area contributed by atoms with E-state index in [9.17, 15) is 19.4 Å². The van der Waals surface area contributed by atoms with Gasteiger partial charge in [0.25, 0.3) is 11.4 Å². The Labute approximate surface area is 549 Å². The normalized spacial score (nSPS) is 16.1. The number of hydrogen-bond acceptors (Lipinski definition) is 27. The molecule has 1 fully saturated rings. The van der Waals surface area contributed by atoms with E-state index < -0.39 is 30.6 Å². The molecule has 17 heterocycles. The molecule has 0 saturated carbocycles. The number of nitrogens with two attached hydrogens (primary N) is 3. The summed E-state index contributed by atoms with van der Waals surface area (Å²) in [6.45, 7) is 5.70. The van der Waals surface area contributed by atoms with Crippen LogP contribution in [0.2, 0.25) is 10.6 Å². The lowest BCUT2D eigenvalue weighted by Crippen LogP contribution is -2.50. The third-order valence-electron chi connectivity index (χ3n) is 13.9. The van der Waals surface area contributed by atoms with Crippen molar-refractivity contribution in [3.05, 3.63) is 138 Å². The number of imidazole rings is 2. The fourth-order valence-electron chi connectivity index (χ4n) is 9.58. The number of aromatic amines is 6. The second-order valence-corrected chi connectivity index (χ2v) is 21.4. The van der Waals surface area contributed by atoms with Crippen LogP contribution in [0, 0.1) is 29.2 Å². The number of aliphatic imine (C=N–C) groups is 4. The molecular weight excluding hydrogens is 1300 g/mol. The smallest absolute Gasteiger partial charge is 0.387 e. The van der Waals surface area contributed by atoms with Crippen LogP contribution in [-0.4, -0.2) is 163 Å². The van der Waals surface area contributed by atoms with Crippen molar-refractivity contribution in [1.82, 2.24) is 109 Å². The van der Waals surface area contributed by atoms with E-state index in [0.29, 0.717) is 84.8 Å². The second-order valence-electron chi connectivity index (χ2n) is 19.9. The Kier molecular flexibility index (Phi) is 20.5. The van der Waals surface area contributed by atoms with Gasteiger partial charge in [-0.2, -0.15) is 34.7 Å². The Morgan fingerprint density at radius 1 is 0.723 bits per heavy atom. The number of nitrogens with one attached hydrogen (secondary N) is 6. The first-order chi connectivity index (χ1) is 44.9. The molecule has 0 unspecified atom stereocenters. The number of aliphatic hydroxyl groups is 2. The number of hydrogen-bond donors (Lipinski definition) is 11. The number of nitrogens with zero attached hydrogens (tertiary/aromatic N) is 21. The Bertz CT molecular complexity index is 5020. The van der Waals surface area contributed by atoms with Crippen LogP contribution in [-0.2, 0) is 30.4 Å². The zero-order valence-corrected chi connectivity index (χ0v) is 51.9.